The zero-order chi connectivity index (χ0) is 23.2. The third-order valence-electron chi connectivity index (χ3n) is 5.68. The second kappa shape index (κ2) is 8.30. The number of ether oxygens (including phenoxy) is 1. The monoisotopic (exact) mass is 444 g/mol. The molecule has 0 bridgehead atoms. The minimum Gasteiger partial charge on any atom is -0.388 e. The van der Waals surface area contributed by atoms with Crippen LogP contribution in [0.5, 0.6) is 0 Å². The van der Waals surface area contributed by atoms with Crippen LogP contribution in [-0.4, -0.2) is 70.8 Å². The third-order valence-corrected chi connectivity index (χ3v) is 5.68. The van der Waals surface area contributed by atoms with Gasteiger partial charge in [0.05, 0.1) is 25.5 Å². The molecule has 0 aromatic carbocycles. The third kappa shape index (κ3) is 3.72. The number of amides is 1. The Kier molecular flexibility index (Phi) is 5.67. The van der Waals surface area contributed by atoms with E-state index in [1.165, 1.54) is 29.6 Å². The van der Waals surface area contributed by atoms with Crippen molar-refractivity contribution in [3.63, 3.8) is 0 Å². The molecule has 0 spiro atoms. The summed E-state index contributed by atoms with van der Waals surface area (Å²) in [7, 11) is 2.88. The predicted octanol–water partition coefficient (Wildman–Crippen LogP) is -1.94. The number of carbonyl (C=O) groups is 1. The van der Waals surface area contributed by atoms with Gasteiger partial charge < -0.3 is 24.8 Å². The first kappa shape index (κ1) is 21.9. The van der Waals surface area contributed by atoms with Crippen molar-refractivity contribution in [3.8, 4) is 0 Å². The molecular formula is C20H24N6O6. The number of aryl methyl sites for hydroxylation is 2. The molecule has 3 N–H and O–H groups in total. The molecule has 4 atom stereocenters. The van der Waals surface area contributed by atoms with Gasteiger partial charge in [-0.3, -0.25) is 23.7 Å². The highest BCUT2D eigenvalue weighted by molar-refractivity contribution is 5.92. The number of aliphatic hydroxyl groups is 2. The topological polar surface area (TPSA) is 154 Å². The number of fused-ring (bicyclic) bond motifs is 1. The zero-order valence-corrected chi connectivity index (χ0v) is 17.8. The van der Waals surface area contributed by atoms with Crippen molar-refractivity contribution >= 4 is 17.1 Å². The molecule has 4 rings (SSSR count). The maximum atomic E-state index is 12.4. The summed E-state index contributed by atoms with van der Waals surface area (Å²) >= 11 is 0. The van der Waals surface area contributed by atoms with E-state index >= 15 is 0 Å². The summed E-state index contributed by atoms with van der Waals surface area (Å²) in [6.07, 6.45) is -0.544. The van der Waals surface area contributed by atoms with Crippen LogP contribution in [0.1, 0.15) is 16.1 Å². The zero-order valence-electron chi connectivity index (χ0n) is 17.8. The molecule has 0 aliphatic carbocycles. The molecular weight excluding hydrogens is 420 g/mol. The summed E-state index contributed by atoms with van der Waals surface area (Å²) in [6, 6.07) is 2.48. The molecule has 12 nitrogen and oxygen atoms in total. The minimum absolute atomic E-state index is 0.0371. The van der Waals surface area contributed by atoms with E-state index in [0.717, 1.165) is 10.1 Å². The average molecular weight is 444 g/mol. The molecule has 1 aliphatic rings. The lowest BCUT2D eigenvalue weighted by Gasteiger charge is -2.38. The Morgan fingerprint density at radius 1 is 1.19 bits per heavy atom. The summed E-state index contributed by atoms with van der Waals surface area (Å²) in [4.78, 5) is 45.1. The van der Waals surface area contributed by atoms with Gasteiger partial charge in [0.2, 0.25) is 0 Å². The predicted molar refractivity (Wildman–Crippen MR) is 112 cm³/mol. The van der Waals surface area contributed by atoms with Gasteiger partial charge >= 0.3 is 5.69 Å². The summed E-state index contributed by atoms with van der Waals surface area (Å²) in [5.74, 6) is -0.491. The number of hydrogen-bond donors (Lipinski definition) is 3. The minimum atomic E-state index is -1.33. The molecule has 170 valence electrons. The second-order valence-electron chi connectivity index (χ2n) is 7.93. The molecule has 1 saturated heterocycles. The van der Waals surface area contributed by atoms with E-state index in [9.17, 15) is 24.6 Å². The molecule has 0 saturated carbocycles. The summed E-state index contributed by atoms with van der Waals surface area (Å²) in [5, 5.41) is 23.8. The maximum Gasteiger partial charge on any atom is 0.332 e. The Labute approximate surface area is 181 Å². The van der Waals surface area contributed by atoms with Gasteiger partial charge in [0.25, 0.3) is 11.5 Å². The maximum absolute atomic E-state index is 12.4. The number of imidazole rings is 1. The number of nitrogens with zero attached hydrogens (tertiary/aromatic N) is 5. The van der Waals surface area contributed by atoms with Gasteiger partial charge in [0, 0.05) is 20.3 Å². The number of aromatic nitrogens is 5. The molecule has 4 heterocycles. The Morgan fingerprint density at radius 2 is 1.94 bits per heavy atom. The van der Waals surface area contributed by atoms with Crippen LogP contribution in [0.25, 0.3) is 11.2 Å². The van der Waals surface area contributed by atoms with Gasteiger partial charge in [0.15, 0.2) is 5.52 Å². The highest BCUT2D eigenvalue weighted by Gasteiger charge is 2.39. The van der Waals surface area contributed by atoms with Crippen molar-refractivity contribution in [2.24, 2.45) is 14.1 Å². The standard InChI is InChI=1S/C20H24N6O6/c1-10-4-5-11(21-6-10)17(29)23-12-8-32-13(16(28)15(12)27)7-26-9-22-14-18(26)24(2)20(31)25(3)19(14)30/h4-6,9,12-13,15-16,27-28H,7-8H2,1-3H3,(H,23,29)/t12-,13-,15+,16-/m1/s1. The number of carbonyl (C=O) groups excluding carboxylic acids is 1. The number of pyridine rings is 1. The van der Waals surface area contributed by atoms with Crippen molar-refractivity contribution in [3.05, 3.63) is 56.8 Å². The smallest absolute Gasteiger partial charge is 0.332 e. The molecule has 3 aromatic heterocycles. The van der Waals surface area contributed by atoms with E-state index in [2.05, 4.69) is 15.3 Å². The largest absolute Gasteiger partial charge is 0.388 e. The fourth-order valence-electron chi connectivity index (χ4n) is 3.78. The molecule has 0 radical (unpaired) electrons. The first-order valence-electron chi connectivity index (χ1n) is 10.0. The van der Waals surface area contributed by atoms with Crippen LogP contribution >= 0.6 is 0 Å². The lowest BCUT2D eigenvalue weighted by atomic mass is 9.97. The fraction of sp³-hybridized carbons (Fsp3) is 0.450. The van der Waals surface area contributed by atoms with Crippen LogP contribution in [0.4, 0.5) is 0 Å². The van der Waals surface area contributed by atoms with E-state index in [4.69, 9.17) is 4.74 Å². The fourth-order valence-corrected chi connectivity index (χ4v) is 3.78. The molecule has 3 aromatic rings. The number of hydrogen-bond acceptors (Lipinski definition) is 8. The molecule has 32 heavy (non-hydrogen) atoms. The van der Waals surface area contributed by atoms with E-state index in [1.807, 2.05) is 6.92 Å². The first-order valence-corrected chi connectivity index (χ1v) is 10.0. The van der Waals surface area contributed by atoms with Crippen molar-refractivity contribution < 1.29 is 19.7 Å². The van der Waals surface area contributed by atoms with E-state index in [0.29, 0.717) is 0 Å². The van der Waals surface area contributed by atoms with E-state index in [1.54, 1.807) is 18.3 Å². The van der Waals surface area contributed by atoms with Crippen LogP contribution in [0, 0.1) is 6.92 Å². The van der Waals surface area contributed by atoms with E-state index < -0.39 is 41.5 Å². The lowest BCUT2D eigenvalue weighted by molar-refractivity contribution is -0.152. The van der Waals surface area contributed by atoms with Crippen LogP contribution in [0.15, 0.2) is 34.2 Å². The Balaban J connectivity index is 1.50. The molecule has 0 unspecified atom stereocenters. The van der Waals surface area contributed by atoms with Crippen molar-refractivity contribution in [2.75, 3.05) is 6.61 Å². The summed E-state index contributed by atoms with van der Waals surface area (Å²) in [5.41, 5.74) is 0.442. The van der Waals surface area contributed by atoms with Crippen molar-refractivity contribution in [1.82, 2.24) is 29.0 Å². The van der Waals surface area contributed by atoms with Crippen LogP contribution < -0.4 is 16.6 Å². The lowest BCUT2D eigenvalue weighted by Crippen LogP contribution is -2.60. The summed E-state index contributed by atoms with van der Waals surface area (Å²) in [6.45, 7) is 1.84. The van der Waals surface area contributed by atoms with Gasteiger partial charge in [-0.05, 0) is 18.6 Å². The van der Waals surface area contributed by atoms with Crippen molar-refractivity contribution in [2.45, 2.75) is 37.8 Å². The number of rotatable bonds is 4. The van der Waals surface area contributed by atoms with Crippen LogP contribution in [0.2, 0.25) is 0 Å². The Hall–Kier alpha value is -3.35. The summed E-state index contributed by atoms with van der Waals surface area (Å²) < 4.78 is 9.48. The average Bonchev–Trinajstić information content (AvgIpc) is 3.20. The van der Waals surface area contributed by atoms with Crippen LogP contribution in [0.3, 0.4) is 0 Å². The molecule has 1 aliphatic heterocycles. The van der Waals surface area contributed by atoms with Crippen molar-refractivity contribution in [1.29, 1.82) is 0 Å². The van der Waals surface area contributed by atoms with Gasteiger partial charge in [-0.1, -0.05) is 6.07 Å². The quantitative estimate of drug-likeness (QED) is 0.420. The molecule has 1 fully saturated rings. The van der Waals surface area contributed by atoms with Gasteiger partial charge in [-0.25, -0.2) is 9.78 Å². The Morgan fingerprint density at radius 3 is 2.62 bits per heavy atom. The first-order chi connectivity index (χ1) is 15.2. The second-order valence-corrected chi connectivity index (χ2v) is 7.93. The number of nitrogens with one attached hydrogen (secondary N) is 1. The van der Waals surface area contributed by atoms with E-state index in [-0.39, 0.29) is 30.0 Å². The normalized spacial score (nSPS) is 23.4. The highest BCUT2D eigenvalue weighted by atomic mass is 16.5. The molecule has 1 amide bonds. The SMILES string of the molecule is Cc1ccc(C(=O)N[C@@H]2CO[C@H](Cn3cnc4c(=O)n(C)c(=O)n(C)c43)[C@@H](O)[C@H]2O)nc1. The van der Waals surface area contributed by atoms with Gasteiger partial charge in [0.1, 0.15) is 29.7 Å². The van der Waals surface area contributed by atoms with Gasteiger partial charge in [-0.15, -0.1) is 0 Å². The van der Waals surface area contributed by atoms with Gasteiger partial charge in [-0.2, -0.15) is 0 Å². The highest BCUT2D eigenvalue weighted by Crippen LogP contribution is 2.19. The van der Waals surface area contributed by atoms with Crippen LogP contribution in [-0.2, 0) is 25.4 Å². The number of aliphatic hydroxyl groups excluding tert-OH is 2. The molecule has 12 heteroatoms. The Bertz CT molecular complexity index is 1280.